The molecule has 1 unspecified atom stereocenters. The van der Waals surface area contributed by atoms with Gasteiger partial charge in [0.1, 0.15) is 11.6 Å². The fourth-order valence-corrected chi connectivity index (χ4v) is 2.79. The highest BCUT2D eigenvalue weighted by molar-refractivity contribution is 7.05. The van der Waals surface area contributed by atoms with Crippen molar-refractivity contribution in [3.05, 3.63) is 46.0 Å². The molecule has 4 nitrogen and oxygen atoms in total. The second kappa shape index (κ2) is 6.83. The molecule has 1 aromatic carbocycles. The third-order valence-corrected chi connectivity index (χ3v) is 3.90. The lowest BCUT2D eigenvalue weighted by Gasteiger charge is -2.15. The van der Waals surface area contributed by atoms with Crippen LogP contribution in [0.1, 0.15) is 35.5 Å². The molecule has 0 saturated carbocycles. The van der Waals surface area contributed by atoms with Gasteiger partial charge in [0.25, 0.3) is 0 Å². The van der Waals surface area contributed by atoms with Crippen LogP contribution in [0.5, 0.6) is 0 Å². The zero-order valence-electron chi connectivity index (χ0n) is 11.1. The van der Waals surface area contributed by atoms with Crippen molar-refractivity contribution < 1.29 is 8.78 Å². The molecule has 0 aliphatic rings. The predicted molar refractivity (Wildman–Crippen MR) is 74.0 cm³/mol. The highest BCUT2D eigenvalue weighted by atomic mass is 32.1. The first-order valence-corrected chi connectivity index (χ1v) is 7.14. The van der Waals surface area contributed by atoms with Crippen molar-refractivity contribution in [2.24, 2.45) is 5.84 Å². The Bertz CT molecular complexity index is 573. The minimum absolute atomic E-state index is 0.251. The molecule has 0 saturated heterocycles. The van der Waals surface area contributed by atoms with Crippen molar-refractivity contribution in [1.82, 2.24) is 15.0 Å². The lowest BCUT2D eigenvalue weighted by molar-refractivity contribution is 0.524. The normalized spacial score (nSPS) is 12.6. The van der Waals surface area contributed by atoms with Crippen LogP contribution in [0.4, 0.5) is 8.78 Å². The van der Waals surface area contributed by atoms with E-state index in [1.54, 1.807) is 0 Å². The Morgan fingerprint density at radius 1 is 1.40 bits per heavy atom. The topological polar surface area (TPSA) is 63.8 Å². The second-order valence-electron chi connectivity index (χ2n) is 4.49. The summed E-state index contributed by atoms with van der Waals surface area (Å²) >= 11 is 1.23. The summed E-state index contributed by atoms with van der Waals surface area (Å²) in [6.07, 6.45) is 1.97. The highest BCUT2D eigenvalue weighted by Crippen LogP contribution is 2.25. The number of rotatable bonds is 6. The average Bonchev–Trinajstić information content (AvgIpc) is 2.88. The maximum atomic E-state index is 13.7. The number of aryl methyl sites for hydroxylation is 1. The van der Waals surface area contributed by atoms with E-state index in [0.717, 1.165) is 35.5 Å². The van der Waals surface area contributed by atoms with Gasteiger partial charge in [0.15, 0.2) is 0 Å². The summed E-state index contributed by atoms with van der Waals surface area (Å²) < 4.78 is 30.8. The molecular formula is C13H16F2N4S. The summed E-state index contributed by atoms with van der Waals surface area (Å²) in [6, 6.07) is 3.08. The molecular weight excluding hydrogens is 282 g/mol. The monoisotopic (exact) mass is 298 g/mol. The van der Waals surface area contributed by atoms with Crippen molar-refractivity contribution >= 4 is 11.5 Å². The molecule has 1 heterocycles. The van der Waals surface area contributed by atoms with Gasteiger partial charge in [-0.2, -0.15) is 0 Å². The molecule has 0 fully saturated rings. The standard InChI is InChI=1S/C13H16F2N4S/c1-2-3-11-13(20-19-18-11)12(17-16)7-8-6-9(14)4-5-10(8)15/h4-6,12,17H,2-3,7,16H2,1H3. The van der Waals surface area contributed by atoms with Gasteiger partial charge in [-0.1, -0.05) is 17.8 Å². The molecule has 0 bridgehead atoms. The summed E-state index contributed by atoms with van der Waals surface area (Å²) in [6.45, 7) is 2.04. The highest BCUT2D eigenvalue weighted by Gasteiger charge is 2.20. The summed E-state index contributed by atoms with van der Waals surface area (Å²) in [5, 5.41) is 4.06. The number of hydrazine groups is 1. The molecule has 3 N–H and O–H groups in total. The first-order chi connectivity index (χ1) is 9.65. The SMILES string of the molecule is CCCc1nnsc1C(Cc1cc(F)ccc1F)NN. The zero-order chi connectivity index (χ0) is 14.5. The number of nitrogens with one attached hydrogen (secondary N) is 1. The summed E-state index contributed by atoms with van der Waals surface area (Å²) in [5.74, 6) is 4.64. The number of halogens is 2. The Balaban J connectivity index is 2.24. The van der Waals surface area contributed by atoms with Gasteiger partial charge in [-0.3, -0.25) is 11.3 Å². The largest absolute Gasteiger partial charge is 0.271 e. The minimum Gasteiger partial charge on any atom is -0.271 e. The Labute approximate surface area is 120 Å². The Morgan fingerprint density at radius 2 is 2.20 bits per heavy atom. The fraction of sp³-hybridized carbons (Fsp3) is 0.385. The van der Waals surface area contributed by atoms with E-state index in [2.05, 4.69) is 15.0 Å². The molecule has 0 amide bonds. The van der Waals surface area contributed by atoms with Gasteiger partial charge in [-0.25, -0.2) is 8.78 Å². The minimum atomic E-state index is -0.464. The van der Waals surface area contributed by atoms with E-state index in [1.165, 1.54) is 17.6 Å². The zero-order valence-corrected chi connectivity index (χ0v) is 11.9. The molecule has 2 rings (SSSR count). The van der Waals surface area contributed by atoms with Crippen LogP contribution >= 0.6 is 11.5 Å². The van der Waals surface area contributed by atoms with E-state index in [9.17, 15) is 8.78 Å². The number of benzene rings is 1. The number of hydrogen-bond donors (Lipinski definition) is 2. The predicted octanol–water partition coefficient (Wildman–Crippen LogP) is 2.52. The van der Waals surface area contributed by atoms with Gasteiger partial charge in [-0.05, 0) is 48.1 Å². The van der Waals surface area contributed by atoms with Crippen LogP contribution in [-0.2, 0) is 12.8 Å². The lowest BCUT2D eigenvalue weighted by atomic mass is 10.0. The van der Waals surface area contributed by atoms with Crippen LogP contribution in [0.3, 0.4) is 0 Å². The molecule has 7 heteroatoms. The maximum absolute atomic E-state index is 13.7. The number of nitrogens with zero attached hydrogens (tertiary/aromatic N) is 2. The molecule has 20 heavy (non-hydrogen) atoms. The summed E-state index contributed by atoms with van der Waals surface area (Å²) in [4.78, 5) is 0.873. The van der Waals surface area contributed by atoms with Crippen LogP contribution in [0.15, 0.2) is 18.2 Å². The molecule has 0 spiro atoms. The van der Waals surface area contributed by atoms with E-state index in [-0.39, 0.29) is 18.0 Å². The Kier molecular flexibility index (Phi) is 5.11. The van der Waals surface area contributed by atoms with Crippen LogP contribution in [0, 0.1) is 11.6 Å². The molecule has 0 aliphatic heterocycles. The van der Waals surface area contributed by atoms with E-state index < -0.39 is 11.6 Å². The molecule has 2 aromatic rings. The van der Waals surface area contributed by atoms with Crippen molar-refractivity contribution in [3.8, 4) is 0 Å². The summed E-state index contributed by atoms with van der Waals surface area (Å²) in [7, 11) is 0. The van der Waals surface area contributed by atoms with Crippen molar-refractivity contribution in [2.45, 2.75) is 32.2 Å². The summed E-state index contributed by atoms with van der Waals surface area (Å²) in [5.41, 5.74) is 3.78. The van der Waals surface area contributed by atoms with Crippen LogP contribution < -0.4 is 11.3 Å². The average molecular weight is 298 g/mol. The third kappa shape index (κ3) is 3.36. The Morgan fingerprint density at radius 3 is 2.90 bits per heavy atom. The quantitative estimate of drug-likeness (QED) is 0.635. The first-order valence-electron chi connectivity index (χ1n) is 6.36. The molecule has 1 aromatic heterocycles. The van der Waals surface area contributed by atoms with E-state index in [4.69, 9.17) is 5.84 Å². The van der Waals surface area contributed by atoms with Crippen molar-refractivity contribution in [3.63, 3.8) is 0 Å². The van der Waals surface area contributed by atoms with Crippen molar-refractivity contribution in [1.29, 1.82) is 0 Å². The van der Waals surface area contributed by atoms with E-state index >= 15 is 0 Å². The van der Waals surface area contributed by atoms with Crippen LogP contribution in [0.25, 0.3) is 0 Å². The van der Waals surface area contributed by atoms with Gasteiger partial charge in [0.2, 0.25) is 0 Å². The smallest absolute Gasteiger partial charge is 0.126 e. The molecule has 0 radical (unpaired) electrons. The van der Waals surface area contributed by atoms with E-state index in [1.807, 2.05) is 6.92 Å². The number of hydrogen-bond acceptors (Lipinski definition) is 5. The van der Waals surface area contributed by atoms with Gasteiger partial charge >= 0.3 is 0 Å². The number of aromatic nitrogens is 2. The van der Waals surface area contributed by atoms with Gasteiger partial charge in [0, 0.05) is 0 Å². The number of nitrogens with two attached hydrogens (primary N) is 1. The lowest BCUT2D eigenvalue weighted by Crippen LogP contribution is -2.30. The van der Waals surface area contributed by atoms with E-state index in [0.29, 0.717) is 0 Å². The second-order valence-corrected chi connectivity index (χ2v) is 5.28. The van der Waals surface area contributed by atoms with Crippen LogP contribution in [-0.4, -0.2) is 9.59 Å². The van der Waals surface area contributed by atoms with Gasteiger partial charge in [0.05, 0.1) is 16.6 Å². The Hall–Kier alpha value is -1.44. The van der Waals surface area contributed by atoms with Crippen LogP contribution in [0.2, 0.25) is 0 Å². The van der Waals surface area contributed by atoms with Gasteiger partial charge in [-0.15, -0.1) is 5.10 Å². The molecule has 0 aliphatic carbocycles. The fourth-order valence-electron chi connectivity index (χ4n) is 2.04. The maximum Gasteiger partial charge on any atom is 0.126 e. The molecule has 108 valence electrons. The third-order valence-electron chi connectivity index (χ3n) is 3.02. The van der Waals surface area contributed by atoms with Gasteiger partial charge < -0.3 is 0 Å². The molecule has 1 atom stereocenters. The van der Waals surface area contributed by atoms with Crippen molar-refractivity contribution in [2.75, 3.05) is 0 Å². The first kappa shape index (κ1) is 15.0.